The van der Waals surface area contributed by atoms with E-state index in [1.54, 1.807) is 48.2 Å². The second-order valence-electron chi connectivity index (χ2n) is 7.93. The third-order valence-corrected chi connectivity index (χ3v) is 5.96. The Morgan fingerprint density at radius 3 is 2.68 bits per heavy atom. The molecule has 0 saturated heterocycles. The van der Waals surface area contributed by atoms with Crippen molar-refractivity contribution in [3.63, 3.8) is 0 Å². The van der Waals surface area contributed by atoms with Crippen molar-refractivity contribution in [2.75, 3.05) is 23.4 Å². The van der Waals surface area contributed by atoms with E-state index in [2.05, 4.69) is 17.4 Å². The summed E-state index contributed by atoms with van der Waals surface area (Å²) in [7, 11) is 0. The first kappa shape index (κ1) is 23.9. The van der Waals surface area contributed by atoms with E-state index >= 15 is 0 Å². The van der Waals surface area contributed by atoms with Gasteiger partial charge in [0, 0.05) is 17.3 Å². The number of carbonyl (C=O) groups is 2. The van der Waals surface area contributed by atoms with Crippen molar-refractivity contribution in [2.24, 2.45) is 0 Å². The Balaban J connectivity index is 1.42. The number of fused-ring (bicyclic) bond motifs is 1. The maximum Gasteiger partial charge on any atom is 0.265 e. The number of aryl methyl sites for hydroxylation is 1. The summed E-state index contributed by atoms with van der Waals surface area (Å²) in [6, 6.07) is 20.2. The lowest BCUT2D eigenvalue weighted by Gasteiger charge is -2.30. The number of hydrogen-bond donors (Lipinski definition) is 1. The Morgan fingerprint density at radius 2 is 1.91 bits per heavy atom. The molecule has 1 N–H and O–H groups in total. The van der Waals surface area contributed by atoms with Gasteiger partial charge in [-0.1, -0.05) is 53.5 Å². The van der Waals surface area contributed by atoms with E-state index < -0.39 is 6.10 Å². The van der Waals surface area contributed by atoms with Crippen LogP contribution in [0, 0.1) is 0 Å². The highest BCUT2D eigenvalue weighted by Gasteiger charge is 2.26. The molecule has 3 aromatic carbocycles. The zero-order chi connectivity index (χ0) is 24.1. The first-order valence-electron chi connectivity index (χ1n) is 10.9. The number of hydrogen-bond acceptors (Lipinski definition) is 4. The summed E-state index contributed by atoms with van der Waals surface area (Å²) in [6.07, 6.45) is 0.854. The molecular formula is C26H24Cl2N2O4. The number of rotatable bonds is 8. The Labute approximate surface area is 208 Å². The van der Waals surface area contributed by atoms with E-state index in [1.807, 2.05) is 18.2 Å². The topological polar surface area (TPSA) is 67.9 Å². The fourth-order valence-corrected chi connectivity index (χ4v) is 4.12. The van der Waals surface area contributed by atoms with Crippen LogP contribution in [0.4, 0.5) is 11.4 Å². The fourth-order valence-electron chi connectivity index (χ4n) is 3.67. The molecule has 4 rings (SSSR count). The maximum atomic E-state index is 12.7. The minimum absolute atomic E-state index is 0.00321. The van der Waals surface area contributed by atoms with Gasteiger partial charge in [0.15, 0.2) is 12.7 Å². The standard InChI is InChI=1S/C26H24Cl2N2O4/c1-17(34-23-11-9-19(27)14-21(23)28)26(32)29-20-10-12-24-22(15-20)30(25(31)16-33-24)13-5-8-18-6-3-2-4-7-18/h2-4,6-7,9-12,14-15,17H,5,8,13,16H2,1H3,(H,29,32). The average Bonchev–Trinajstić information content (AvgIpc) is 2.83. The summed E-state index contributed by atoms with van der Waals surface area (Å²) < 4.78 is 11.3. The second kappa shape index (κ2) is 10.8. The third kappa shape index (κ3) is 5.82. The van der Waals surface area contributed by atoms with Crippen LogP contribution in [0.15, 0.2) is 66.7 Å². The van der Waals surface area contributed by atoms with Crippen LogP contribution in [0.25, 0.3) is 0 Å². The van der Waals surface area contributed by atoms with E-state index in [9.17, 15) is 9.59 Å². The van der Waals surface area contributed by atoms with Crippen LogP contribution in [0.1, 0.15) is 18.9 Å². The van der Waals surface area contributed by atoms with Crippen LogP contribution in [-0.2, 0) is 16.0 Å². The van der Waals surface area contributed by atoms with Crippen molar-refractivity contribution in [1.82, 2.24) is 0 Å². The lowest BCUT2D eigenvalue weighted by Crippen LogP contribution is -2.39. The molecule has 0 aromatic heterocycles. The molecule has 34 heavy (non-hydrogen) atoms. The number of benzene rings is 3. The summed E-state index contributed by atoms with van der Waals surface area (Å²) in [4.78, 5) is 27.0. The number of ether oxygens (including phenoxy) is 2. The molecule has 3 aromatic rings. The largest absolute Gasteiger partial charge is 0.482 e. The molecule has 0 bridgehead atoms. The van der Waals surface area contributed by atoms with E-state index in [0.717, 1.165) is 12.8 Å². The fraction of sp³-hybridized carbons (Fsp3) is 0.231. The molecule has 0 saturated carbocycles. The smallest absolute Gasteiger partial charge is 0.265 e. The Kier molecular flexibility index (Phi) is 7.60. The SMILES string of the molecule is CC(Oc1ccc(Cl)cc1Cl)C(=O)Nc1ccc2c(c1)N(CCCc1ccccc1)C(=O)CO2. The van der Waals surface area contributed by atoms with Crippen molar-refractivity contribution in [2.45, 2.75) is 25.9 Å². The molecule has 0 aliphatic carbocycles. The first-order valence-corrected chi connectivity index (χ1v) is 11.7. The number of anilines is 2. The monoisotopic (exact) mass is 498 g/mol. The van der Waals surface area contributed by atoms with Gasteiger partial charge >= 0.3 is 0 Å². The van der Waals surface area contributed by atoms with Crippen molar-refractivity contribution in [3.05, 3.63) is 82.3 Å². The van der Waals surface area contributed by atoms with Crippen molar-refractivity contribution >= 4 is 46.4 Å². The number of carbonyl (C=O) groups excluding carboxylic acids is 2. The minimum Gasteiger partial charge on any atom is -0.482 e. The summed E-state index contributed by atoms with van der Waals surface area (Å²) in [6.45, 7) is 2.17. The van der Waals surface area contributed by atoms with Gasteiger partial charge in [0.25, 0.3) is 11.8 Å². The molecular weight excluding hydrogens is 475 g/mol. The van der Waals surface area contributed by atoms with Crippen molar-refractivity contribution in [3.8, 4) is 11.5 Å². The second-order valence-corrected chi connectivity index (χ2v) is 8.77. The average molecular weight is 499 g/mol. The molecule has 0 fully saturated rings. The minimum atomic E-state index is -0.811. The van der Waals surface area contributed by atoms with Crippen LogP contribution < -0.4 is 19.7 Å². The van der Waals surface area contributed by atoms with Crippen LogP contribution >= 0.6 is 23.2 Å². The van der Waals surface area contributed by atoms with Gasteiger partial charge in [-0.2, -0.15) is 0 Å². The Morgan fingerprint density at radius 1 is 1.12 bits per heavy atom. The van der Waals surface area contributed by atoms with Gasteiger partial charge in [0.2, 0.25) is 0 Å². The third-order valence-electron chi connectivity index (χ3n) is 5.43. The molecule has 1 aliphatic heterocycles. The number of nitrogens with zero attached hydrogens (tertiary/aromatic N) is 1. The van der Waals surface area contributed by atoms with Crippen LogP contribution in [0.3, 0.4) is 0 Å². The van der Waals surface area contributed by atoms with E-state index in [-0.39, 0.29) is 18.4 Å². The lowest BCUT2D eigenvalue weighted by molar-refractivity contribution is -0.122. The molecule has 1 atom stereocenters. The predicted molar refractivity (Wildman–Crippen MR) is 134 cm³/mol. The summed E-state index contributed by atoms with van der Waals surface area (Å²) in [5.41, 5.74) is 2.39. The number of nitrogens with one attached hydrogen (secondary N) is 1. The van der Waals surface area contributed by atoms with Gasteiger partial charge in [-0.15, -0.1) is 0 Å². The molecule has 0 spiro atoms. The number of amides is 2. The molecule has 176 valence electrons. The highest BCUT2D eigenvalue weighted by Crippen LogP contribution is 2.35. The molecule has 8 heteroatoms. The predicted octanol–water partition coefficient (Wildman–Crippen LogP) is 5.76. The van der Waals surface area contributed by atoms with Crippen molar-refractivity contribution in [1.29, 1.82) is 0 Å². The zero-order valence-corrected chi connectivity index (χ0v) is 20.1. The van der Waals surface area contributed by atoms with E-state index in [4.69, 9.17) is 32.7 Å². The quantitative estimate of drug-likeness (QED) is 0.428. The van der Waals surface area contributed by atoms with Crippen LogP contribution in [-0.4, -0.2) is 31.1 Å². The van der Waals surface area contributed by atoms with Gasteiger partial charge in [-0.3, -0.25) is 9.59 Å². The van der Waals surface area contributed by atoms with E-state index in [0.29, 0.717) is 39.5 Å². The Bertz CT molecular complexity index is 1190. The maximum absolute atomic E-state index is 12.7. The van der Waals surface area contributed by atoms with Gasteiger partial charge < -0.3 is 19.7 Å². The molecule has 1 unspecified atom stereocenters. The van der Waals surface area contributed by atoms with Crippen LogP contribution in [0.5, 0.6) is 11.5 Å². The summed E-state index contributed by atoms with van der Waals surface area (Å²) in [5, 5.41) is 3.64. The Hall–Kier alpha value is -3.22. The lowest BCUT2D eigenvalue weighted by atomic mass is 10.1. The van der Waals surface area contributed by atoms with Gasteiger partial charge in [-0.05, 0) is 61.7 Å². The molecule has 1 aliphatic rings. The van der Waals surface area contributed by atoms with E-state index in [1.165, 1.54) is 5.56 Å². The highest BCUT2D eigenvalue weighted by atomic mass is 35.5. The van der Waals surface area contributed by atoms with Gasteiger partial charge in [-0.25, -0.2) is 0 Å². The molecule has 0 radical (unpaired) electrons. The normalized spacial score (nSPS) is 13.6. The number of halogens is 2. The summed E-state index contributed by atoms with van der Waals surface area (Å²) >= 11 is 12.0. The zero-order valence-electron chi connectivity index (χ0n) is 18.6. The first-order chi connectivity index (χ1) is 16.4. The van der Waals surface area contributed by atoms with Gasteiger partial charge in [0.1, 0.15) is 11.5 Å². The molecule has 2 amide bonds. The molecule has 6 nitrogen and oxygen atoms in total. The van der Waals surface area contributed by atoms with Gasteiger partial charge in [0.05, 0.1) is 10.7 Å². The molecule has 1 heterocycles. The summed E-state index contributed by atoms with van der Waals surface area (Å²) in [5.74, 6) is 0.500. The highest BCUT2D eigenvalue weighted by molar-refractivity contribution is 6.35. The van der Waals surface area contributed by atoms with Crippen LogP contribution in [0.2, 0.25) is 10.0 Å². The van der Waals surface area contributed by atoms with Crippen molar-refractivity contribution < 1.29 is 19.1 Å².